The molecule has 7 heteroatoms. The van der Waals surface area contributed by atoms with Crippen LogP contribution in [-0.4, -0.2) is 33.1 Å². The maximum atomic E-state index is 12.4. The van der Waals surface area contributed by atoms with E-state index in [0.29, 0.717) is 5.16 Å². The second-order valence-electron chi connectivity index (χ2n) is 6.59. The number of carbonyl (C=O) groups is 1. The molecule has 0 saturated heterocycles. The first kappa shape index (κ1) is 21.1. The number of thioether (sulfide) groups is 2. The van der Waals surface area contributed by atoms with Gasteiger partial charge in [0, 0.05) is 21.7 Å². The number of amides is 1. The third kappa shape index (κ3) is 5.51. The van der Waals surface area contributed by atoms with E-state index in [-0.39, 0.29) is 11.7 Å². The largest absolute Gasteiger partial charge is 0.325 e. The lowest BCUT2D eigenvalue weighted by Gasteiger charge is -2.10. The normalized spacial score (nSPS) is 10.6. The van der Waals surface area contributed by atoms with Crippen LogP contribution < -0.4 is 5.32 Å². The van der Waals surface area contributed by atoms with E-state index in [0.717, 1.165) is 33.1 Å². The van der Waals surface area contributed by atoms with E-state index in [4.69, 9.17) is 4.98 Å². The Morgan fingerprint density at radius 2 is 1.52 bits per heavy atom. The zero-order valence-electron chi connectivity index (χ0n) is 16.9. The van der Waals surface area contributed by atoms with Crippen molar-refractivity contribution in [1.82, 2.24) is 15.2 Å². The van der Waals surface area contributed by atoms with Gasteiger partial charge in [-0.1, -0.05) is 78.5 Å². The zero-order valence-corrected chi connectivity index (χ0v) is 18.5. The van der Waals surface area contributed by atoms with Gasteiger partial charge in [-0.15, -0.1) is 22.0 Å². The average Bonchev–Trinajstić information content (AvgIpc) is 2.84. The summed E-state index contributed by atoms with van der Waals surface area (Å²) in [6.45, 7) is 0. The Bertz CT molecular complexity index is 1170. The van der Waals surface area contributed by atoms with E-state index in [2.05, 4.69) is 15.5 Å². The van der Waals surface area contributed by atoms with Gasteiger partial charge in [0.15, 0.2) is 0 Å². The minimum atomic E-state index is -0.111. The molecule has 31 heavy (non-hydrogen) atoms. The minimum absolute atomic E-state index is 0.111. The maximum Gasteiger partial charge on any atom is 0.234 e. The Labute approximate surface area is 189 Å². The number of nitrogens with zero attached hydrogens (tertiary/aromatic N) is 3. The van der Waals surface area contributed by atoms with Gasteiger partial charge >= 0.3 is 0 Å². The molecule has 4 aromatic rings. The van der Waals surface area contributed by atoms with Gasteiger partial charge in [-0.2, -0.15) is 0 Å². The van der Waals surface area contributed by atoms with E-state index >= 15 is 0 Å². The molecule has 0 spiro atoms. The van der Waals surface area contributed by atoms with Gasteiger partial charge in [-0.05, 0) is 24.5 Å². The smallest absolute Gasteiger partial charge is 0.234 e. The van der Waals surface area contributed by atoms with Crippen molar-refractivity contribution in [3.63, 3.8) is 0 Å². The predicted molar refractivity (Wildman–Crippen MR) is 128 cm³/mol. The SMILES string of the molecule is CSc1cccc(NC(=O)CSc2nnc(-c3ccccc3)c(-c3ccccc3)n2)c1. The van der Waals surface area contributed by atoms with Crippen LogP contribution in [0.25, 0.3) is 22.5 Å². The molecule has 4 rings (SSSR count). The van der Waals surface area contributed by atoms with Crippen molar-refractivity contribution < 1.29 is 4.79 Å². The summed E-state index contributed by atoms with van der Waals surface area (Å²) >= 11 is 2.90. The van der Waals surface area contributed by atoms with Gasteiger partial charge in [0.05, 0.1) is 5.75 Å². The molecule has 3 aromatic carbocycles. The van der Waals surface area contributed by atoms with E-state index < -0.39 is 0 Å². The summed E-state index contributed by atoms with van der Waals surface area (Å²) in [7, 11) is 0. The third-order valence-electron chi connectivity index (χ3n) is 4.45. The predicted octanol–water partition coefficient (Wildman–Crippen LogP) is 5.66. The highest BCUT2D eigenvalue weighted by Gasteiger charge is 2.14. The minimum Gasteiger partial charge on any atom is -0.325 e. The highest BCUT2D eigenvalue weighted by molar-refractivity contribution is 7.99. The average molecular weight is 445 g/mol. The maximum absolute atomic E-state index is 12.4. The van der Waals surface area contributed by atoms with E-state index in [1.54, 1.807) is 11.8 Å². The number of nitrogens with one attached hydrogen (secondary N) is 1. The van der Waals surface area contributed by atoms with E-state index in [1.165, 1.54) is 11.8 Å². The van der Waals surface area contributed by atoms with Crippen LogP contribution in [-0.2, 0) is 4.79 Å². The molecule has 0 saturated carbocycles. The third-order valence-corrected chi connectivity index (χ3v) is 6.01. The Morgan fingerprint density at radius 3 is 2.19 bits per heavy atom. The van der Waals surface area contributed by atoms with Crippen LogP contribution in [0.3, 0.4) is 0 Å². The monoisotopic (exact) mass is 444 g/mol. The van der Waals surface area contributed by atoms with Crippen molar-refractivity contribution >= 4 is 35.1 Å². The number of carbonyl (C=O) groups excluding carboxylic acids is 1. The van der Waals surface area contributed by atoms with Crippen LogP contribution in [0, 0.1) is 0 Å². The molecular formula is C24H20N4OS2. The molecule has 0 bridgehead atoms. The molecule has 0 fully saturated rings. The number of anilines is 1. The molecule has 1 heterocycles. The molecule has 0 aliphatic rings. The lowest BCUT2D eigenvalue weighted by atomic mass is 10.0. The van der Waals surface area contributed by atoms with Gasteiger partial charge in [-0.25, -0.2) is 4.98 Å². The van der Waals surface area contributed by atoms with E-state index in [9.17, 15) is 4.79 Å². The first-order valence-electron chi connectivity index (χ1n) is 9.65. The second kappa shape index (κ2) is 10.2. The number of rotatable bonds is 7. The van der Waals surface area contributed by atoms with Crippen LogP contribution in [0.4, 0.5) is 5.69 Å². The molecule has 5 nitrogen and oxygen atoms in total. The Kier molecular flexibility index (Phi) is 6.96. The molecule has 0 radical (unpaired) electrons. The topological polar surface area (TPSA) is 67.8 Å². The molecule has 0 atom stereocenters. The van der Waals surface area contributed by atoms with Crippen LogP contribution in [0.1, 0.15) is 0 Å². The van der Waals surface area contributed by atoms with Crippen molar-refractivity contribution in [2.45, 2.75) is 10.1 Å². The van der Waals surface area contributed by atoms with Gasteiger partial charge in [0.1, 0.15) is 11.4 Å². The fourth-order valence-electron chi connectivity index (χ4n) is 2.99. The van der Waals surface area contributed by atoms with Crippen LogP contribution in [0.5, 0.6) is 0 Å². The summed E-state index contributed by atoms with van der Waals surface area (Å²) in [4.78, 5) is 18.2. The molecule has 0 unspecified atom stereocenters. The Balaban J connectivity index is 1.53. The summed E-state index contributed by atoms with van der Waals surface area (Å²) < 4.78 is 0. The summed E-state index contributed by atoms with van der Waals surface area (Å²) in [5, 5.41) is 12.1. The zero-order chi connectivity index (χ0) is 21.5. The molecule has 0 aliphatic carbocycles. The quantitative estimate of drug-likeness (QED) is 0.371. The van der Waals surface area contributed by atoms with Crippen molar-refractivity contribution in [2.24, 2.45) is 0 Å². The van der Waals surface area contributed by atoms with E-state index in [1.807, 2.05) is 91.2 Å². The Hall–Kier alpha value is -3.16. The van der Waals surface area contributed by atoms with Crippen LogP contribution in [0.2, 0.25) is 0 Å². The number of aromatic nitrogens is 3. The standard InChI is InChI=1S/C24H20N4OS2/c1-30-20-14-8-13-19(15-20)25-21(29)16-31-24-26-22(17-9-4-2-5-10-17)23(27-28-24)18-11-6-3-7-12-18/h2-15H,16H2,1H3,(H,25,29). The number of hydrogen-bond donors (Lipinski definition) is 1. The summed E-state index contributed by atoms with van der Waals surface area (Å²) in [6.07, 6.45) is 2.00. The number of hydrogen-bond acceptors (Lipinski definition) is 6. The fraction of sp³-hybridized carbons (Fsp3) is 0.0833. The fourth-order valence-corrected chi connectivity index (χ4v) is 4.03. The molecule has 1 amide bonds. The molecule has 1 aromatic heterocycles. The van der Waals surface area contributed by atoms with Gasteiger partial charge in [0.2, 0.25) is 11.1 Å². The molecule has 0 aliphatic heterocycles. The van der Waals surface area contributed by atoms with Gasteiger partial charge < -0.3 is 5.32 Å². The molecular weight excluding hydrogens is 424 g/mol. The summed E-state index contributed by atoms with van der Waals surface area (Å²) in [5.74, 6) is 0.0876. The first-order valence-corrected chi connectivity index (χ1v) is 11.9. The van der Waals surface area contributed by atoms with Crippen molar-refractivity contribution in [1.29, 1.82) is 0 Å². The van der Waals surface area contributed by atoms with Crippen molar-refractivity contribution in [3.8, 4) is 22.5 Å². The van der Waals surface area contributed by atoms with Crippen LogP contribution in [0.15, 0.2) is 95.0 Å². The van der Waals surface area contributed by atoms with Gasteiger partial charge in [0.25, 0.3) is 0 Å². The lowest BCUT2D eigenvalue weighted by molar-refractivity contribution is -0.113. The van der Waals surface area contributed by atoms with Gasteiger partial charge in [-0.3, -0.25) is 4.79 Å². The summed E-state index contributed by atoms with van der Waals surface area (Å²) in [5.41, 5.74) is 4.15. The molecule has 1 N–H and O–H groups in total. The lowest BCUT2D eigenvalue weighted by Crippen LogP contribution is -2.14. The molecule has 154 valence electrons. The highest BCUT2D eigenvalue weighted by atomic mass is 32.2. The van der Waals surface area contributed by atoms with Crippen molar-refractivity contribution in [2.75, 3.05) is 17.3 Å². The van der Waals surface area contributed by atoms with Crippen molar-refractivity contribution in [3.05, 3.63) is 84.9 Å². The number of benzene rings is 3. The highest BCUT2D eigenvalue weighted by Crippen LogP contribution is 2.29. The second-order valence-corrected chi connectivity index (χ2v) is 8.41. The first-order chi connectivity index (χ1) is 15.2. The van der Waals surface area contributed by atoms with Crippen LogP contribution >= 0.6 is 23.5 Å². The Morgan fingerprint density at radius 1 is 0.839 bits per heavy atom. The summed E-state index contributed by atoms with van der Waals surface area (Å²) in [6, 6.07) is 27.5.